The monoisotopic (exact) mass is 363 g/mol. The van der Waals surface area contributed by atoms with Crippen LogP contribution < -0.4 is 0 Å². The van der Waals surface area contributed by atoms with Gasteiger partial charge in [-0.25, -0.2) is 11.6 Å². The van der Waals surface area contributed by atoms with Crippen LogP contribution in [-0.4, -0.2) is 33.6 Å². The molecule has 0 atom stereocenters. The van der Waals surface area contributed by atoms with Crippen molar-refractivity contribution in [3.8, 4) is 0 Å². The minimum Gasteiger partial charge on any atom is -0.394 e. The number of allylic oxidation sites excluding steroid dienone is 4. The third kappa shape index (κ3) is 61.0. The van der Waals surface area contributed by atoms with Gasteiger partial charge in [-0.15, -0.1) is 6.42 Å². The number of hydrogen-bond donors (Lipinski definition) is 3. The van der Waals surface area contributed by atoms with E-state index >= 15 is 0 Å². The quantitative estimate of drug-likeness (QED) is 0.482. The third-order valence-electron chi connectivity index (χ3n) is 1.49. The van der Waals surface area contributed by atoms with Crippen LogP contribution in [0, 0.1) is 11.5 Å². The van der Waals surface area contributed by atoms with Crippen LogP contribution >= 0.6 is 0 Å². The van der Waals surface area contributed by atoms with E-state index in [1.54, 1.807) is 41.5 Å². The number of hydrogen-bond acceptors (Lipinski definition) is 3. The molecular weight excluding hydrogens is 324 g/mol. The summed E-state index contributed by atoms with van der Waals surface area (Å²) >= 11 is 0. The van der Waals surface area contributed by atoms with Gasteiger partial charge in [-0.05, 0) is 47.0 Å². The molecule has 3 nitrogen and oxygen atoms in total. The van der Waals surface area contributed by atoms with Gasteiger partial charge in [0.05, 0.1) is 0 Å². The molecule has 138 valence electrons. The van der Waals surface area contributed by atoms with Crippen LogP contribution in [0.3, 0.4) is 0 Å². The van der Waals surface area contributed by atoms with Gasteiger partial charge in [0, 0.05) is 40.0 Å². The van der Waals surface area contributed by atoms with Gasteiger partial charge in [0.2, 0.25) is 0 Å². The second kappa shape index (κ2) is 18.4. The van der Waals surface area contributed by atoms with Crippen molar-refractivity contribution in [1.29, 1.82) is 0 Å². The minimum absolute atomic E-state index is 0. The molecule has 0 aromatic carbocycles. The summed E-state index contributed by atoms with van der Waals surface area (Å²) in [5, 5.41) is 24.2. The molecular formula is C19H39O3Ti-. The maximum absolute atomic E-state index is 8.06. The Kier molecular flexibility index (Phi) is 24.7. The molecule has 0 fully saturated rings. The molecule has 0 unspecified atom stereocenters. The molecule has 0 bridgehead atoms. The summed E-state index contributed by atoms with van der Waals surface area (Å²) in [5.41, 5.74) is 1.80. The van der Waals surface area contributed by atoms with Gasteiger partial charge in [0.1, 0.15) is 0 Å². The van der Waals surface area contributed by atoms with Crippen LogP contribution in [0.4, 0.5) is 0 Å². The fourth-order valence-electron chi connectivity index (χ4n) is 1.14. The van der Waals surface area contributed by atoms with Crippen LogP contribution in [-0.2, 0) is 21.7 Å². The van der Waals surface area contributed by atoms with Crippen molar-refractivity contribution in [2.45, 2.75) is 93.5 Å². The van der Waals surface area contributed by atoms with Crippen molar-refractivity contribution in [3.05, 3.63) is 23.8 Å². The van der Waals surface area contributed by atoms with E-state index in [9.17, 15) is 0 Å². The fraction of sp³-hybridized carbons (Fsp3) is 0.789. The van der Waals surface area contributed by atoms with Crippen LogP contribution in [0.1, 0.15) is 75.2 Å². The molecule has 1 aliphatic carbocycles. The average Bonchev–Trinajstić information content (AvgIpc) is 2.63. The van der Waals surface area contributed by atoms with Gasteiger partial charge in [0.25, 0.3) is 0 Å². The second-order valence-corrected chi connectivity index (χ2v) is 7.33. The molecule has 0 saturated heterocycles. The first-order valence-electron chi connectivity index (χ1n) is 8.08. The van der Waals surface area contributed by atoms with Gasteiger partial charge in [-0.2, -0.15) is 6.08 Å². The maximum atomic E-state index is 8.06. The van der Waals surface area contributed by atoms with Crippen LogP contribution in [0.25, 0.3) is 0 Å². The van der Waals surface area contributed by atoms with E-state index < -0.39 is 0 Å². The number of aliphatic hydroxyl groups excluding tert-OH is 3. The summed E-state index contributed by atoms with van der Waals surface area (Å²) in [4.78, 5) is 0. The molecule has 1 rings (SSSR count). The molecule has 3 N–H and O–H groups in total. The number of aliphatic hydroxyl groups is 3. The van der Waals surface area contributed by atoms with Gasteiger partial charge >= 0.3 is 0 Å². The largest absolute Gasteiger partial charge is 0.394 e. The van der Waals surface area contributed by atoms with E-state index in [-0.39, 0.29) is 40.0 Å². The van der Waals surface area contributed by atoms with E-state index in [2.05, 4.69) is 39.0 Å². The van der Waals surface area contributed by atoms with Crippen molar-refractivity contribution in [1.82, 2.24) is 0 Å². The van der Waals surface area contributed by atoms with Gasteiger partial charge < -0.3 is 15.3 Å². The van der Waals surface area contributed by atoms with Crippen LogP contribution in [0.5, 0.6) is 0 Å². The van der Waals surface area contributed by atoms with E-state index in [1.807, 2.05) is 0 Å². The van der Waals surface area contributed by atoms with Gasteiger partial charge in [-0.1, -0.05) is 27.2 Å². The second-order valence-electron chi connectivity index (χ2n) is 7.33. The zero-order valence-electron chi connectivity index (χ0n) is 16.6. The molecule has 23 heavy (non-hydrogen) atoms. The molecule has 0 aliphatic heterocycles. The molecule has 4 heteroatoms. The Hall–Kier alpha value is 0.0743. The van der Waals surface area contributed by atoms with Crippen molar-refractivity contribution in [2.75, 3.05) is 0 Å². The Balaban J connectivity index is -0.000000118. The van der Waals surface area contributed by atoms with E-state index in [4.69, 9.17) is 15.3 Å². The first-order valence-corrected chi connectivity index (χ1v) is 8.08. The van der Waals surface area contributed by atoms with Gasteiger partial charge in [0.15, 0.2) is 0 Å². The molecule has 0 saturated carbocycles. The van der Waals surface area contributed by atoms with Crippen molar-refractivity contribution in [2.24, 2.45) is 5.41 Å². The zero-order chi connectivity index (χ0) is 18.3. The molecule has 0 aromatic rings. The molecule has 0 radical (unpaired) electrons. The average molecular weight is 363 g/mol. The standard InChI is InChI=1S/C10H15.3C3H8O.Ti/c1-10(2,3)8-9-6-4-5-7-9;3*1-3(2)4;/h4,6H,5,8H2,1-3H3;3*3-4H,1-2H3;/q-1;;;;. The SMILES string of the molecule is CC(C)(C)CC1=[C-]CC=C1.CC(C)O.CC(C)O.CC(C)O.[Ti]. The molecule has 0 aromatic heterocycles. The Bertz CT molecular complexity index is 265. The first-order chi connectivity index (χ1) is 9.77. The maximum Gasteiger partial charge on any atom is 0.0483 e. The summed E-state index contributed by atoms with van der Waals surface area (Å²) < 4.78 is 0. The first kappa shape index (κ1) is 30.9. The molecule has 0 spiro atoms. The third-order valence-corrected chi connectivity index (χ3v) is 1.49. The topological polar surface area (TPSA) is 60.7 Å². The minimum atomic E-state index is -0.167. The molecule has 0 heterocycles. The normalized spacial score (nSPS) is 12.4. The van der Waals surface area contributed by atoms with Gasteiger partial charge in [-0.3, -0.25) is 6.08 Å². The summed E-state index contributed by atoms with van der Waals surface area (Å²) in [6.07, 6.45) is 9.35. The summed E-state index contributed by atoms with van der Waals surface area (Å²) in [7, 11) is 0. The zero-order valence-corrected chi connectivity index (χ0v) is 18.2. The Labute approximate surface area is 159 Å². The Morgan fingerprint density at radius 1 is 0.913 bits per heavy atom. The van der Waals surface area contributed by atoms with E-state index in [0.29, 0.717) is 5.41 Å². The van der Waals surface area contributed by atoms with Crippen molar-refractivity contribution >= 4 is 0 Å². The summed E-state index contributed by atoms with van der Waals surface area (Å²) in [5.74, 6) is 0. The fourth-order valence-corrected chi connectivity index (χ4v) is 1.14. The van der Waals surface area contributed by atoms with Crippen LogP contribution in [0.15, 0.2) is 17.7 Å². The number of rotatable bonds is 1. The summed E-state index contributed by atoms with van der Waals surface area (Å²) in [6.45, 7) is 17.1. The predicted molar refractivity (Wildman–Crippen MR) is 96.6 cm³/mol. The summed E-state index contributed by atoms with van der Waals surface area (Å²) in [6, 6.07) is 0. The molecule has 0 amide bonds. The van der Waals surface area contributed by atoms with Crippen molar-refractivity contribution < 1.29 is 37.0 Å². The molecule has 1 aliphatic rings. The Morgan fingerprint density at radius 2 is 1.22 bits per heavy atom. The predicted octanol–water partition coefficient (Wildman–Crippen LogP) is 4.27. The van der Waals surface area contributed by atoms with E-state index in [0.717, 1.165) is 12.8 Å². The van der Waals surface area contributed by atoms with Crippen LogP contribution in [0.2, 0.25) is 0 Å². The van der Waals surface area contributed by atoms with Crippen molar-refractivity contribution in [3.63, 3.8) is 0 Å². The Morgan fingerprint density at radius 3 is 1.39 bits per heavy atom. The smallest absolute Gasteiger partial charge is 0.0483 e. The van der Waals surface area contributed by atoms with E-state index in [1.165, 1.54) is 5.57 Å².